The van der Waals surface area contributed by atoms with Crippen LogP contribution in [-0.2, 0) is 18.3 Å². The van der Waals surface area contributed by atoms with E-state index < -0.39 is 0 Å². The molecule has 25 heavy (non-hydrogen) atoms. The number of ether oxygens (including phenoxy) is 1. The van der Waals surface area contributed by atoms with Gasteiger partial charge in [-0.3, -0.25) is 4.79 Å². The number of hydrogen-bond donors (Lipinski definition) is 0. The van der Waals surface area contributed by atoms with E-state index in [9.17, 15) is 4.79 Å². The number of carbonyl (C=O) groups is 1. The Hall–Kier alpha value is -2.37. The van der Waals surface area contributed by atoms with Crippen molar-refractivity contribution in [1.29, 1.82) is 0 Å². The highest BCUT2D eigenvalue weighted by molar-refractivity contribution is 5.79. The zero-order valence-electron chi connectivity index (χ0n) is 14.8. The van der Waals surface area contributed by atoms with Crippen molar-refractivity contribution in [3.63, 3.8) is 0 Å². The molecule has 1 aromatic heterocycles. The molecule has 2 fully saturated rings. The third kappa shape index (κ3) is 2.79. The van der Waals surface area contributed by atoms with Gasteiger partial charge in [-0.1, -0.05) is 18.6 Å². The van der Waals surface area contributed by atoms with Crippen molar-refractivity contribution in [2.75, 3.05) is 20.2 Å². The van der Waals surface area contributed by atoms with Gasteiger partial charge in [0.05, 0.1) is 13.5 Å². The van der Waals surface area contributed by atoms with Crippen LogP contribution in [0.5, 0.6) is 5.75 Å². The number of aryl methyl sites for hydroxylation is 1. The van der Waals surface area contributed by atoms with Crippen LogP contribution < -0.4 is 4.74 Å². The first kappa shape index (κ1) is 16.1. The third-order valence-corrected chi connectivity index (χ3v) is 5.92. The molecule has 2 aromatic rings. The Kier molecular flexibility index (Phi) is 3.98. The number of aromatic nitrogens is 3. The SMILES string of the molecule is COc1ccc(CC(=O)N2CC(c3nncn3C)C3(CCC3)C2)cc1. The van der Waals surface area contributed by atoms with E-state index in [1.54, 1.807) is 13.4 Å². The maximum atomic E-state index is 12.8. The predicted molar refractivity (Wildman–Crippen MR) is 93.3 cm³/mol. The van der Waals surface area contributed by atoms with E-state index >= 15 is 0 Å². The second-order valence-electron chi connectivity index (χ2n) is 7.37. The molecule has 1 spiro atoms. The number of benzene rings is 1. The molecule has 6 nitrogen and oxygen atoms in total. The van der Waals surface area contributed by atoms with Crippen LogP contribution in [0.15, 0.2) is 30.6 Å². The van der Waals surface area contributed by atoms with Gasteiger partial charge < -0.3 is 14.2 Å². The zero-order chi connectivity index (χ0) is 17.4. The molecule has 132 valence electrons. The minimum Gasteiger partial charge on any atom is -0.497 e. The average molecular weight is 340 g/mol. The largest absolute Gasteiger partial charge is 0.497 e. The van der Waals surface area contributed by atoms with Crippen molar-refractivity contribution in [3.8, 4) is 5.75 Å². The standard InChI is InChI=1S/C19H24N4O2/c1-22-13-20-21-18(22)16-11-23(12-19(16)8-3-9-19)17(24)10-14-4-6-15(25-2)7-5-14/h4-7,13,16H,3,8-12H2,1-2H3. The molecule has 1 aliphatic carbocycles. The van der Waals surface area contributed by atoms with Gasteiger partial charge in [0.15, 0.2) is 0 Å². The number of amides is 1. The lowest BCUT2D eigenvalue weighted by Crippen LogP contribution is -2.38. The van der Waals surface area contributed by atoms with Crippen molar-refractivity contribution in [1.82, 2.24) is 19.7 Å². The van der Waals surface area contributed by atoms with Crippen LogP contribution in [0.2, 0.25) is 0 Å². The minimum atomic E-state index is 0.195. The first-order valence-corrected chi connectivity index (χ1v) is 8.86. The smallest absolute Gasteiger partial charge is 0.227 e. The van der Waals surface area contributed by atoms with Gasteiger partial charge in [-0.25, -0.2) is 0 Å². The summed E-state index contributed by atoms with van der Waals surface area (Å²) in [5.41, 5.74) is 1.23. The summed E-state index contributed by atoms with van der Waals surface area (Å²) < 4.78 is 7.18. The zero-order valence-corrected chi connectivity index (χ0v) is 14.8. The maximum absolute atomic E-state index is 12.8. The minimum absolute atomic E-state index is 0.195. The summed E-state index contributed by atoms with van der Waals surface area (Å²) in [5.74, 6) is 2.32. The lowest BCUT2D eigenvalue weighted by Gasteiger charge is -2.42. The lowest BCUT2D eigenvalue weighted by molar-refractivity contribution is -0.130. The molecule has 0 radical (unpaired) electrons. The molecule has 0 bridgehead atoms. The first-order chi connectivity index (χ1) is 12.1. The molecule has 1 amide bonds. The van der Waals surface area contributed by atoms with Gasteiger partial charge in [0.2, 0.25) is 5.91 Å². The van der Waals surface area contributed by atoms with Crippen LogP contribution in [0, 0.1) is 5.41 Å². The molecule has 1 aromatic carbocycles. The number of carbonyl (C=O) groups excluding carboxylic acids is 1. The summed E-state index contributed by atoms with van der Waals surface area (Å²) in [5, 5.41) is 8.37. The maximum Gasteiger partial charge on any atom is 0.227 e. The molecule has 1 aliphatic heterocycles. The highest BCUT2D eigenvalue weighted by Gasteiger charge is 2.53. The van der Waals surface area contributed by atoms with Crippen LogP contribution in [0.3, 0.4) is 0 Å². The second kappa shape index (κ2) is 6.17. The molecule has 0 N–H and O–H groups in total. The van der Waals surface area contributed by atoms with Crippen molar-refractivity contribution in [2.45, 2.75) is 31.6 Å². The van der Waals surface area contributed by atoms with Crippen LogP contribution >= 0.6 is 0 Å². The molecule has 2 aliphatic rings. The number of hydrogen-bond acceptors (Lipinski definition) is 4. The van der Waals surface area contributed by atoms with Gasteiger partial charge in [-0.05, 0) is 36.0 Å². The molecule has 2 heterocycles. The number of methoxy groups -OCH3 is 1. The highest BCUT2D eigenvalue weighted by Crippen LogP contribution is 2.55. The van der Waals surface area contributed by atoms with E-state index in [1.807, 2.05) is 40.8 Å². The fourth-order valence-corrected chi connectivity index (χ4v) is 4.29. The number of nitrogens with zero attached hydrogens (tertiary/aromatic N) is 4. The number of likely N-dealkylation sites (tertiary alicyclic amines) is 1. The summed E-state index contributed by atoms with van der Waals surface area (Å²) >= 11 is 0. The summed E-state index contributed by atoms with van der Waals surface area (Å²) in [7, 11) is 3.64. The van der Waals surface area contributed by atoms with E-state index in [2.05, 4.69) is 10.2 Å². The molecule has 6 heteroatoms. The molecule has 1 saturated heterocycles. The summed E-state index contributed by atoms with van der Waals surface area (Å²) in [4.78, 5) is 14.9. The summed E-state index contributed by atoms with van der Waals surface area (Å²) in [6, 6.07) is 7.74. The van der Waals surface area contributed by atoms with E-state index in [0.29, 0.717) is 12.3 Å². The Morgan fingerprint density at radius 1 is 1.32 bits per heavy atom. The Morgan fingerprint density at radius 2 is 2.08 bits per heavy atom. The first-order valence-electron chi connectivity index (χ1n) is 8.86. The Morgan fingerprint density at radius 3 is 2.64 bits per heavy atom. The quantitative estimate of drug-likeness (QED) is 0.856. The van der Waals surface area contributed by atoms with Gasteiger partial charge >= 0.3 is 0 Å². The van der Waals surface area contributed by atoms with E-state index in [1.165, 1.54) is 19.3 Å². The van der Waals surface area contributed by atoms with E-state index in [-0.39, 0.29) is 11.3 Å². The van der Waals surface area contributed by atoms with Crippen LogP contribution in [0.1, 0.15) is 36.6 Å². The van der Waals surface area contributed by atoms with Crippen LogP contribution in [-0.4, -0.2) is 45.8 Å². The Bertz CT molecular complexity index is 764. The van der Waals surface area contributed by atoms with E-state index in [0.717, 1.165) is 30.2 Å². The number of rotatable bonds is 4. The molecular formula is C19H24N4O2. The average Bonchev–Trinajstić information content (AvgIpc) is 3.18. The highest BCUT2D eigenvalue weighted by atomic mass is 16.5. The van der Waals surface area contributed by atoms with Gasteiger partial charge in [-0.15, -0.1) is 10.2 Å². The van der Waals surface area contributed by atoms with Gasteiger partial charge in [0.25, 0.3) is 0 Å². The van der Waals surface area contributed by atoms with Crippen LogP contribution in [0.25, 0.3) is 0 Å². The fourth-order valence-electron chi connectivity index (χ4n) is 4.29. The summed E-state index contributed by atoms with van der Waals surface area (Å²) in [6.07, 6.45) is 5.79. The lowest BCUT2D eigenvalue weighted by atomic mass is 9.62. The van der Waals surface area contributed by atoms with Gasteiger partial charge in [-0.2, -0.15) is 0 Å². The van der Waals surface area contributed by atoms with E-state index in [4.69, 9.17) is 4.74 Å². The van der Waals surface area contributed by atoms with Gasteiger partial charge in [0.1, 0.15) is 17.9 Å². The topological polar surface area (TPSA) is 60.2 Å². The second-order valence-corrected chi connectivity index (χ2v) is 7.37. The van der Waals surface area contributed by atoms with Gasteiger partial charge in [0, 0.05) is 26.1 Å². The van der Waals surface area contributed by atoms with Crippen molar-refractivity contribution < 1.29 is 9.53 Å². The van der Waals surface area contributed by atoms with Crippen molar-refractivity contribution >= 4 is 5.91 Å². The summed E-state index contributed by atoms with van der Waals surface area (Å²) in [6.45, 7) is 1.60. The molecule has 1 atom stereocenters. The van der Waals surface area contributed by atoms with Crippen molar-refractivity contribution in [2.24, 2.45) is 12.5 Å². The molecular weight excluding hydrogens is 316 g/mol. The molecule has 1 unspecified atom stereocenters. The normalized spacial score (nSPS) is 21.4. The Labute approximate surface area is 147 Å². The predicted octanol–water partition coefficient (Wildman–Crippen LogP) is 2.16. The fraction of sp³-hybridized carbons (Fsp3) is 0.526. The Balaban J connectivity index is 1.49. The molecule has 1 saturated carbocycles. The van der Waals surface area contributed by atoms with Crippen LogP contribution in [0.4, 0.5) is 0 Å². The third-order valence-electron chi connectivity index (χ3n) is 5.92. The molecule has 4 rings (SSSR count). The monoisotopic (exact) mass is 340 g/mol. The van der Waals surface area contributed by atoms with Crippen molar-refractivity contribution in [3.05, 3.63) is 42.0 Å².